The van der Waals surface area contributed by atoms with Crippen molar-refractivity contribution in [3.05, 3.63) is 194 Å². The Kier molecular flexibility index (Phi) is 22.0. The lowest BCUT2D eigenvalue weighted by atomic mass is 9.80. The van der Waals surface area contributed by atoms with Gasteiger partial charge in [-0.1, -0.05) is 67.6 Å². The van der Waals surface area contributed by atoms with Gasteiger partial charge in [0, 0.05) is 41.0 Å². The number of hydrogen-bond acceptors (Lipinski definition) is 19. The molecule has 9 heterocycles. The van der Waals surface area contributed by atoms with Crippen molar-refractivity contribution in [1.82, 2.24) is 29.9 Å². The fourth-order valence-electron chi connectivity index (χ4n) is 11.2. The molecule has 6 N–H and O–H groups in total. The van der Waals surface area contributed by atoms with Crippen molar-refractivity contribution in [2.45, 2.75) is 114 Å². The van der Waals surface area contributed by atoms with Crippen LogP contribution in [-0.4, -0.2) is 103 Å². The molecule has 0 bridgehead atoms. The van der Waals surface area contributed by atoms with Crippen molar-refractivity contribution in [3.63, 3.8) is 0 Å². The number of carbonyl (C=O) groups excluding carboxylic acids is 3. The number of rotatable bonds is 14. The Morgan fingerprint density at radius 1 is 0.514 bits per heavy atom. The van der Waals surface area contributed by atoms with Crippen LogP contribution in [0.15, 0.2) is 133 Å². The number of carbonyl (C=O) groups is 3. The van der Waals surface area contributed by atoms with Crippen LogP contribution in [0.5, 0.6) is 46.3 Å². The van der Waals surface area contributed by atoms with Crippen molar-refractivity contribution in [2.24, 2.45) is 0 Å². The lowest BCUT2D eigenvalue weighted by Gasteiger charge is -2.17. The predicted molar refractivity (Wildman–Crippen MR) is 382 cm³/mol. The molecule has 3 aliphatic heterocycles. The Bertz CT molecular complexity index is 5010. The molecule has 3 aliphatic carbocycles. The van der Waals surface area contributed by atoms with Crippen LogP contribution in [0, 0.1) is 38.2 Å². The number of aromatic nitrogens is 6. The van der Waals surface area contributed by atoms with E-state index in [0.29, 0.717) is 83.0 Å². The SMILES string of the molecule is COc1cc(-c2nc(NC(=O)C3(c4ccc5c(c4)OC(F)(F)O5)CC3)ccc2C)c(F)cn1.COc1cc(B(O)O)c(F)cn1.C[Si](C)(C)I.Cc1ccc(NC(=O)C2(c3ccc4c(c3)OC(F)(F)O4)CC2)nc1-c1cc(=O)[nH]cc1F.Cc1ccc(NC(=O)C2(c3ccc4c(c3)OC(F)(F)O4)CC2)nc1Cl. The highest BCUT2D eigenvalue weighted by molar-refractivity contribution is 14.1. The smallest absolute Gasteiger partial charge is 0.481 e. The van der Waals surface area contributed by atoms with E-state index in [1.54, 1.807) is 68.4 Å². The highest BCUT2D eigenvalue weighted by atomic mass is 127. The molecule has 3 amide bonds. The van der Waals surface area contributed by atoms with E-state index in [1.165, 1.54) is 56.7 Å². The van der Waals surface area contributed by atoms with Crippen molar-refractivity contribution in [3.8, 4) is 68.8 Å². The summed E-state index contributed by atoms with van der Waals surface area (Å²) in [6, 6.07) is 26.7. The van der Waals surface area contributed by atoms with Crippen molar-refractivity contribution >= 4 is 86.7 Å². The second kappa shape index (κ2) is 30.2. The second-order valence-corrected chi connectivity index (χ2v) is 40.3. The Morgan fingerprint density at radius 2 is 0.860 bits per heavy atom. The number of aromatic amines is 1. The van der Waals surface area contributed by atoms with Crippen LogP contribution < -0.4 is 64.9 Å². The molecule has 0 saturated heterocycles. The quantitative estimate of drug-likeness (QED) is 0.0194. The van der Waals surface area contributed by atoms with Crippen LogP contribution in [0.1, 0.15) is 71.9 Å². The van der Waals surface area contributed by atoms with E-state index in [9.17, 15) is 58.7 Å². The molecule has 3 fully saturated rings. The van der Waals surface area contributed by atoms with Crippen LogP contribution in [-0.2, 0) is 30.6 Å². The zero-order valence-corrected chi connectivity index (χ0v) is 61.5. The number of nitrogens with one attached hydrogen (secondary N) is 4. The summed E-state index contributed by atoms with van der Waals surface area (Å²) in [4.78, 5) is 73.0. The number of H-pyrrole nitrogens is 1. The summed E-state index contributed by atoms with van der Waals surface area (Å²) in [5.74, 6) is -2.41. The Hall–Kier alpha value is -10.2. The molecule has 3 aromatic carbocycles. The lowest BCUT2D eigenvalue weighted by Crippen LogP contribution is -2.33. The number of aryl methyl sites for hydroxylation is 3. The van der Waals surface area contributed by atoms with Gasteiger partial charge in [0.05, 0.1) is 54.2 Å². The molecule has 23 nitrogen and oxygen atoms in total. The highest BCUT2D eigenvalue weighted by Gasteiger charge is 2.56. The summed E-state index contributed by atoms with van der Waals surface area (Å²) in [7, 11) is 0.933. The third-order valence-electron chi connectivity index (χ3n) is 17.1. The molecular weight excluding hydrogens is 1580 g/mol. The molecule has 9 aromatic rings. The molecule has 0 atom stereocenters. The van der Waals surface area contributed by atoms with Crippen LogP contribution in [0.25, 0.3) is 22.5 Å². The monoisotopic (exact) mass is 1640 g/mol. The Morgan fingerprint density at radius 3 is 1.22 bits per heavy atom. The minimum atomic E-state index is -3.74. The summed E-state index contributed by atoms with van der Waals surface area (Å²) >= 11 is 8.49. The molecule has 15 rings (SSSR count). The third kappa shape index (κ3) is 18.1. The average molecular weight is 1640 g/mol. The van der Waals surface area contributed by atoms with Crippen LogP contribution >= 0.6 is 33.4 Å². The van der Waals surface area contributed by atoms with E-state index in [-0.39, 0.29) is 97.9 Å². The van der Waals surface area contributed by atoms with Gasteiger partial charge >= 0.3 is 26.0 Å². The molecule has 107 heavy (non-hydrogen) atoms. The number of nitrogens with zero attached hydrogens (tertiary/aromatic N) is 5. The summed E-state index contributed by atoms with van der Waals surface area (Å²) in [6.07, 6.45) is -4.99. The highest BCUT2D eigenvalue weighted by Crippen LogP contribution is 2.55. The number of benzene rings is 3. The van der Waals surface area contributed by atoms with Gasteiger partial charge < -0.3 is 68.9 Å². The van der Waals surface area contributed by atoms with Gasteiger partial charge in [-0.3, -0.25) is 19.2 Å². The first-order chi connectivity index (χ1) is 50.3. The second-order valence-electron chi connectivity index (χ2n) is 26.1. The number of amides is 3. The largest absolute Gasteiger partial charge is 0.586 e. The van der Waals surface area contributed by atoms with Crippen molar-refractivity contribution in [2.75, 3.05) is 30.2 Å². The summed E-state index contributed by atoms with van der Waals surface area (Å²) in [5, 5.41) is 25.9. The topological polar surface area (TPSA) is 299 Å². The summed E-state index contributed by atoms with van der Waals surface area (Å²) < 4.78 is 157. The van der Waals surface area contributed by atoms with Crippen molar-refractivity contribution in [1.29, 1.82) is 0 Å². The summed E-state index contributed by atoms with van der Waals surface area (Å²) in [5.41, 5.74) is 0.559. The van der Waals surface area contributed by atoms with Gasteiger partial charge in [-0.25, -0.2) is 38.1 Å². The first-order valence-electron chi connectivity index (χ1n) is 32.4. The Balaban J connectivity index is 0.000000145. The number of pyridine rings is 6. The number of anilines is 3. The number of hydrogen-bond donors (Lipinski definition) is 6. The number of ether oxygens (including phenoxy) is 8. The van der Waals surface area contributed by atoms with E-state index in [2.05, 4.69) is 120 Å². The van der Waals surface area contributed by atoms with E-state index < -0.39 is 70.8 Å². The van der Waals surface area contributed by atoms with Gasteiger partial charge in [0.1, 0.15) is 39.8 Å². The van der Waals surface area contributed by atoms with Gasteiger partial charge in [-0.15, -0.1) is 48.1 Å². The predicted octanol–water partition coefficient (Wildman–Crippen LogP) is 13.7. The van der Waals surface area contributed by atoms with Crippen LogP contribution in [0.2, 0.25) is 24.8 Å². The van der Waals surface area contributed by atoms with Gasteiger partial charge in [0.2, 0.25) is 35.0 Å². The van der Waals surface area contributed by atoms with Crippen molar-refractivity contribution < 1.29 is 102 Å². The number of methoxy groups -OCH3 is 2. The Labute approximate surface area is 622 Å². The molecule has 3 saturated carbocycles. The zero-order chi connectivity index (χ0) is 77.5. The fraction of sp³-hybridized carbons (Fsp3) is 0.282. The average Bonchev–Trinajstić information content (AvgIpc) is 1.60. The molecule has 36 heteroatoms. The maximum Gasteiger partial charge on any atom is 0.586 e. The van der Waals surface area contributed by atoms with Gasteiger partial charge in [0.15, 0.2) is 40.3 Å². The lowest BCUT2D eigenvalue weighted by molar-refractivity contribution is -0.287. The maximum absolute atomic E-state index is 14.4. The van der Waals surface area contributed by atoms with Gasteiger partial charge in [-0.05, 0) is 147 Å². The maximum atomic E-state index is 14.4. The number of halogens is 11. The molecule has 560 valence electrons. The number of alkyl halides is 6. The summed E-state index contributed by atoms with van der Waals surface area (Å²) in [6.45, 7) is 12.2. The zero-order valence-electron chi connectivity index (χ0n) is 57.6. The molecule has 0 unspecified atom stereocenters. The van der Waals surface area contributed by atoms with E-state index in [0.717, 1.165) is 36.3 Å². The molecule has 6 aromatic heterocycles. The van der Waals surface area contributed by atoms with E-state index >= 15 is 0 Å². The number of fused-ring (bicyclic) bond motifs is 3. The molecular formula is C71H63BClF9IN9O14Si. The standard InChI is InChI=1S/C23H18F3N3O4.C22H16F3N3O4.C17H13ClF2N2O3.C6H7BFNO3.C3H9ISi/c1-12-3-6-18(28-20(12)14-10-19(31-2)27-11-15(14)24)29-21(30)22(7-8-22)13-4-5-16-17(9-13)33-23(25,26)32-16;1-11-2-5-17(27-19(11)13-9-18(29)26-10-14(13)23)28-20(30)21(6-7-21)12-3-4-15-16(8-12)32-22(24,25)31-15;1-9-2-5-13(21-14(9)18)22-15(23)16(6-7-16)10-3-4-11-12(8-10)25-17(19,20)24-11;1-12-6-2-4(7(10)11)5(8)3-9-6;1-5(2,3)4/h3-6,9-11H,7-8H2,1-2H3,(H,28,29,30);2-5,8-10H,6-7H2,1H3,(H,26,29)(H,27,28,30);2-5,8H,6-7H2,1H3,(H,21,22,23);2-3,10-11H,1H3;1-3H3. The first kappa shape index (κ1) is 77.8. The fourth-order valence-corrected chi connectivity index (χ4v) is 11.3. The normalized spacial score (nSPS) is 16.3. The van der Waals surface area contributed by atoms with E-state index in [1.807, 2.05) is 6.92 Å². The minimum absolute atomic E-state index is 0.0141. The first-order valence-corrected chi connectivity index (χ1v) is 39.4. The molecule has 0 radical (unpaired) electrons. The van der Waals surface area contributed by atoms with Gasteiger partial charge in [-0.2, -0.15) is 0 Å². The molecule has 6 aliphatic rings. The van der Waals surface area contributed by atoms with E-state index in [4.69, 9.17) is 26.4 Å². The van der Waals surface area contributed by atoms with Crippen LogP contribution in [0.3, 0.4) is 0 Å². The molecule has 0 spiro atoms. The minimum Gasteiger partial charge on any atom is -0.481 e. The van der Waals surface area contributed by atoms with Gasteiger partial charge in [0.25, 0.3) is 0 Å². The third-order valence-corrected chi connectivity index (χ3v) is 17.5. The van der Waals surface area contributed by atoms with Crippen LogP contribution in [0.4, 0.5) is 57.0 Å².